The van der Waals surface area contributed by atoms with Crippen molar-refractivity contribution in [3.8, 4) is 0 Å². The lowest BCUT2D eigenvalue weighted by atomic mass is 10.0. The number of esters is 3. The molecule has 0 aromatic carbocycles. The highest BCUT2D eigenvalue weighted by atomic mass is 16.6. The van der Waals surface area contributed by atoms with Gasteiger partial charge in [0.2, 0.25) is 0 Å². The van der Waals surface area contributed by atoms with Crippen LogP contribution in [0.2, 0.25) is 0 Å². The summed E-state index contributed by atoms with van der Waals surface area (Å²) in [7, 11) is 0. The predicted molar refractivity (Wildman–Crippen MR) is 316 cm³/mol. The molecule has 0 rings (SSSR count). The summed E-state index contributed by atoms with van der Waals surface area (Å²) in [6.07, 6.45) is 78.0. The third-order valence-corrected chi connectivity index (χ3v) is 14.0. The van der Waals surface area contributed by atoms with E-state index in [0.717, 1.165) is 83.5 Å². The van der Waals surface area contributed by atoms with Gasteiger partial charge in [0.15, 0.2) is 6.10 Å². The van der Waals surface area contributed by atoms with Crippen LogP contribution in [0.5, 0.6) is 0 Å². The van der Waals surface area contributed by atoms with Gasteiger partial charge in [0, 0.05) is 19.3 Å². The zero-order valence-electron chi connectivity index (χ0n) is 48.7. The Morgan fingerprint density at radius 3 is 0.877 bits per heavy atom. The SMILES string of the molecule is CC/C=C\C/C=C\C/C=C\C/C=C\CCCCC(=O)OCC(COC(=O)CCCCCCCCCCC/C=C\CCCCCCCCCC)OC(=O)CCCCCCCCCCCCCCCCCCCCC. The van der Waals surface area contributed by atoms with Crippen LogP contribution in [0.4, 0.5) is 0 Å². The summed E-state index contributed by atoms with van der Waals surface area (Å²) < 4.78 is 16.9. The van der Waals surface area contributed by atoms with E-state index < -0.39 is 6.10 Å². The van der Waals surface area contributed by atoms with E-state index >= 15 is 0 Å². The molecule has 0 saturated carbocycles. The highest BCUT2D eigenvalue weighted by Gasteiger charge is 2.19. The van der Waals surface area contributed by atoms with E-state index in [1.165, 1.54) is 205 Å². The van der Waals surface area contributed by atoms with E-state index in [1.807, 2.05) is 0 Å². The Labute approximate surface area is 453 Å². The Bertz CT molecular complexity index is 1310. The molecule has 0 N–H and O–H groups in total. The van der Waals surface area contributed by atoms with Crippen LogP contribution in [0.3, 0.4) is 0 Å². The minimum Gasteiger partial charge on any atom is -0.462 e. The first-order valence-corrected chi connectivity index (χ1v) is 31.8. The fraction of sp³-hybridized carbons (Fsp3) is 0.806. The van der Waals surface area contributed by atoms with Gasteiger partial charge in [-0.25, -0.2) is 0 Å². The zero-order chi connectivity index (χ0) is 52.9. The largest absolute Gasteiger partial charge is 0.462 e. The van der Waals surface area contributed by atoms with Gasteiger partial charge < -0.3 is 14.2 Å². The van der Waals surface area contributed by atoms with Crippen LogP contribution in [-0.4, -0.2) is 37.2 Å². The molecule has 0 radical (unpaired) electrons. The van der Waals surface area contributed by atoms with Gasteiger partial charge in [0.25, 0.3) is 0 Å². The molecule has 0 bridgehead atoms. The first-order valence-electron chi connectivity index (χ1n) is 31.8. The number of allylic oxidation sites excluding steroid dienone is 10. The van der Waals surface area contributed by atoms with Crippen LogP contribution < -0.4 is 0 Å². The van der Waals surface area contributed by atoms with Crippen molar-refractivity contribution >= 4 is 17.9 Å². The monoisotopic (exact) mass is 1020 g/mol. The Hall–Kier alpha value is -2.89. The summed E-state index contributed by atoms with van der Waals surface area (Å²) in [6.45, 7) is 6.54. The van der Waals surface area contributed by atoms with Gasteiger partial charge in [-0.1, -0.05) is 287 Å². The average molecular weight is 1020 g/mol. The van der Waals surface area contributed by atoms with Crippen molar-refractivity contribution in [2.45, 2.75) is 335 Å². The van der Waals surface area contributed by atoms with Crippen molar-refractivity contribution in [1.82, 2.24) is 0 Å². The second-order valence-electron chi connectivity index (χ2n) is 21.3. The number of hydrogen-bond donors (Lipinski definition) is 0. The van der Waals surface area contributed by atoms with Gasteiger partial charge in [0.1, 0.15) is 13.2 Å². The lowest BCUT2D eigenvalue weighted by Gasteiger charge is -2.18. The molecule has 0 aromatic heterocycles. The predicted octanol–water partition coefficient (Wildman–Crippen LogP) is 21.6. The van der Waals surface area contributed by atoms with E-state index in [9.17, 15) is 14.4 Å². The normalized spacial score (nSPS) is 12.4. The molecule has 0 fully saturated rings. The van der Waals surface area contributed by atoms with E-state index in [1.54, 1.807) is 0 Å². The van der Waals surface area contributed by atoms with Crippen LogP contribution in [0.1, 0.15) is 329 Å². The van der Waals surface area contributed by atoms with E-state index in [-0.39, 0.29) is 31.1 Å². The molecule has 0 aliphatic carbocycles. The van der Waals surface area contributed by atoms with E-state index in [0.29, 0.717) is 19.3 Å². The number of unbranched alkanes of at least 4 members (excludes halogenated alkanes) is 37. The van der Waals surface area contributed by atoms with Crippen molar-refractivity contribution in [2.75, 3.05) is 13.2 Å². The maximum Gasteiger partial charge on any atom is 0.306 e. The van der Waals surface area contributed by atoms with Crippen molar-refractivity contribution in [2.24, 2.45) is 0 Å². The molecule has 424 valence electrons. The second-order valence-corrected chi connectivity index (χ2v) is 21.3. The number of ether oxygens (including phenoxy) is 3. The highest BCUT2D eigenvalue weighted by Crippen LogP contribution is 2.17. The first-order chi connectivity index (χ1) is 36.0. The summed E-state index contributed by atoms with van der Waals surface area (Å²) in [5, 5.41) is 0. The molecular weight excluding hydrogens is 901 g/mol. The van der Waals surface area contributed by atoms with Crippen LogP contribution in [0, 0.1) is 0 Å². The molecule has 0 aromatic rings. The number of rotatable bonds is 58. The van der Waals surface area contributed by atoms with Crippen molar-refractivity contribution in [1.29, 1.82) is 0 Å². The minimum absolute atomic E-state index is 0.0854. The Morgan fingerprint density at radius 1 is 0.288 bits per heavy atom. The maximum absolute atomic E-state index is 12.9. The number of hydrogen-bond acceptors (Lipinski definition) is 6. The molecule has 0 aliphatic heterocycles. The molecule has 0 amide bonds. The van der Waals surface area contributed by atoms with Crippen LogP contribution in [0.25, 0.3) is 0 Å². The van der Waals surface area contributed by atoms with Crippen LogP contribution in [-0.2, 0) is 28.6 Å². The van der Waals surface area contributed by atoms with Gasteiger partial charge in [0.05, 0.1) is 0 Å². The molecule has 6 heteroatoms. The quantitative estimate of drug-likeness (QED) is 0.0261. The summed E-state index contributed by atoms with van der Waals surface area (Å²) >= 11 is 0. The lowest BCUT2D eigenvalue weighted by Crippen LogP contribution is -2.30. The lowest BCUT2D eigenvalue weighted by molar-refractivity contribution is -0.167. The Kier molecular flexibility index (Phi) is 59.2. The Balaban J connectivity index is 4.36. The first kappa shape index (κ1) is 70.1. The van der Waals surface area contributed by atoms with Crippen molar-refractivity contribution in [3.05, 3.63) is 60.8 Å². The molecule has 73 heavy (non-hydrogen) atoms. The third kappa shape index (κ3) is 59.9. The van der Waals surface area contributed by atoms with Gasteiger partial charge in [-0.3, -0.25) is 14.4 Å². The van der Waals surface area contributed by atoms with E-state index in [4.69, 9.17) is 14.2 Å². The second kappa shape index (κ2) is 61.7. The third-order valence-electron chi connectivity index (χ3n) is 14.0. The fourth-order valence-electron chi connectivity index (χ4n) is 9.25. The molecule has 0 saturated heterocycles. The molecular formula is C67H120O6. The minimum atomic E-state index is -0.791. The number of carbonyl (C=O) groups excluding carboxylic acids is 3. The van der Waals surface area contributed by atoms with Gasteiger partial charge in [-0.15, -0.1) is 0 Å². The van der Waals surface area contributed by atoms with Gasteiger partial charge in [-0.05, 0) is 83.5 Å². The van der Waals surface area contributed by atoms with Crippen LogP contribution >= 0.6 is 0 Å². The standard InChI is InChI=1S/C67H120O6/c1-4-7-10-13-16-19-22-25-28-30-32-33-35-36-39-42-45-48-51-54-57-60-66(69)72-63-64(62-71-65(68)59-56-53-50-47-44-41-38-27-24-21-18-15-12-9-6-3)73-67(70)61-58-55-52-49-46-43-40-37-34-31-29-26-23-20-17-14-11-8-5-2/h9,12,18,21,27,30,32,38,44,47,64H,4-8,10-11,13-17,19-20,22-26,28-29,31,33-37,39-43,45-46,48-63H2,1-3H3/b12-9-,21-18-,32-30-,38-27-,47-44-. The van der Waals surface area contributed by atoms with Crippen molar-refractivity contribution < 1.29 is 28.6 Å². The summed E-state index contributed by atoms with van der Waals surface area (Å²) in [5.74, 6) is -0.912. The molecule has 6 nitrogen and oxygen atoms in total. The molecule has 1 atom stereocenters. The summed E-state index contributed by atoms with van der Waals surface area (Å²) in [4.78, 5) is 38.3. The van der Waals surface area contributed by atoms with Gasteiger partial charge >= 0.3 is 17.9 Å². The van der Waals surface area contributed by atoms with Crippen molar-refractivity contribution in [3.63, 3.8) is 0 Å². The molecule has 0 aliphatic rings. The summed E-state index contributed by atoms with van der Waals surface area (Å²) in [6, 6.07) is 0. The highest BCUT2D eigenvalue weighted by molar-refractivity contribution is 5.71. The molecule has 0 heterocycles. The average Bonchev–Trinajstić information content (AvgIpc) is 3.39. The van der Waals surface area contributed by atoms with Crippen LogP contribution in [0.15, 0.2) is 60.8 Å². The Morgan fingerprint density at radius 2 is 0.534 bits per heavy atom. The topological polar surface area (TPSA) is 78.9 Å². The zero-order valence-corrected chi connectivity index (χ0v) is 48.7. The number of carbonyl (C=O) groups is 3. The molecule has 0 spiro atoms. The molecule has 1 unspecified atom stereocenters. The summed E-state index contributed by atoms with van der Waals surface area (Å²) in [5.41, 5.74) is 0. The smallest absolute Gasteiger partial charge is 0.306 e. The maximum atomic E-state index is 12.9. The van der Waals surface area contributed by atoms with E-state index in [2.05, 4.69) is 81.5 Å². The van der Waals surface area contributed by atoms with Gasteiger partial charge in [-0.2, -0.15) is 0 Å². The fourth-order valence-corrected chi connectivity index (χ4v) is 9.25.